The van der Waals surface area contributed by atoms with Gasteiger partial charge < -0.3 is 5.11 Å². The molecule has 0 aliphatic rings. The van der Waals surface area contributed by atoms with E-state index < -0.39 is 21.3 Å². The number of nitrogens with one attached hydrogen (secondary N) is 1. The molecule has 1 heterocycles. The molecule has 30 heavy (non-hydrogen) atoms. The van der Waals surface area contributed by atoms with E-state index in [4.69, 9.17) is 5.14 Å². The number of rotatable bonds is 4. The van der Waals surface area contributed by atoms with Crippen LogP contribution in [0, 0.1) is 6.92 Å². The predicted molar refractivity (Wildman–Crippen MR) is 112 cm³/mol. The van der Waals surface area contributed by atoms with Crippen molar-refractivity contribution in [1.29, 1.82) is 0 Å². The van der Waals surface area contributed by atoms with Gasteiger partial charge in [-0.15, -0.1) is 10.2 Å². The summed E-state index contributed by atoms with van der Waals surface area (Å²) in [6.45, 7) is 1.68. The van der Waals surface area contributed by atoms with Gasteiger partial charge in [0, 0.05) is 16.8 Å². The molecule has 1 aromatic heterocycles. The Morgan fingerprint density at radius 3 is 2.23 bits per heavy atom. The summed E-state index contributed by atoms with van der Waals surface area (Å²) in [5.74, 6) is -0.418. The van der Waals surface area contributed by atoms with Gasteiger partial charge >= 0.3 is 0 Å². The van der Waals surface area contributed by atoms with Crippen LogP contribution in [-0.2, 0) is 10.0 Å². The summed E-state index contributed by atoms with van der Waals surface area (Å²) in [6.07, 6.45) is 0. The van der Waals surface area contributed by atoms with Crippen molar-refractivity contribution in [3.8, 4) is 11.4 Å². The summed E-state index contributed by atoms with van der Waals surface area (Å²) >= 11 is 0. The molecule has 0 amide bonds. The third kappa shape index (κ3) is 3.38. The van der Waals surface area contributed by atoms with Crippen molar-refractivity contribution >= 4 is 32.2 Å². The van der Waals surface area contributed by atoms with Crippen LogP contribution in [0.1, 0.15) is 5.69 Å². The molecule has 152 valence electrons. The highest BCUT2D eigenvalue weighted by atomic mass is 32.2. The van der Waals surface area contributed by atoms with Gasteiger partial charge in [0.25, 0.3) is 5.56 Å². The molecule has 4 aromatic rings. The maximum atomic E-state index is 12.8. The summed E-state index contributed by atoms with van der Waals surface area (Å²) < 4.78 is 25.1. The van der Waals surface area contributed by atoms with E-state index in [-0.39, 0.29) is 16.3 Å². The van der Waals surface area contributed by atoms with Crippen LogP contribution in [0.2, 0.25) is 0 Å². The van der Waals surface area contributed by atoms with Gasteiger partial charge in [-0.1, -0.05) is 42.5 Å². The van der Waals surface area contributed by atoms with E-state index >= 15 is 0 Å². The number of aromatic hydroxyl groups is 1. The van der Waals surface area contributed by atoms with E-state index in [1.165, 1.54) is 4.68 Å². The molecule has 0 radical (unpaired) electrons. The minimum atomic E-state index is -4.07. The predicted octanol–water partition coefficient (Wildman–Crippen LogP) is 3.40. The number of nitrogens with two attached hydrogens (primary N) is 1. The van der Waals surface area contributed by atoms with Crippen molar-refractivity contribution in [3.63, 3.8) is 0 Å². The molecule has 9 nitrogen and oxygen atoms in total. The number of hydrogen-bond acceptors (Lipinski definition) is 6. The fourth-order valence-corrected chi connectivity index (χ4v) is 3.93. The van der Waals surface area contributed by atoms with Gasteiger partial charge in [0.15, 0.2) is 5.69 Å². The zero-order valence-electron chi connectivity index (χ0n) is 15.8. The third-order valence-corrected chi connectivity index (χ3v) is 5.52. The van der Waals surface area contributed by atoms with Gasteiger partial charge in [-0.05, 0) is 19.1 Å². The number of aromatic nitrogens is 2. The summed E-state index contributed by atoms with van der Waals surface area (Å²) in [4.78, 5) is 12.5. The molecule has 0 aliphatic carbocycles. The van der Waals surface area contributed by atoms with Crippen molar-refractivity contribution in [2.75, 3.05) is 0 Å². The number of phenolic OH excluding ortho intramolecular Hbond substituents is 1. The molecule has 0 bridgehead atoms. The Morgan fingerprint density at radius 2 is 1.57 bits per heavy atom. The lowest BCUT2D eigenvalue weighted by Gasteiger charge is -2.08. The number of benzene rings is 3. The van der Waals surface area contributed by atoms with E-state index in [2.05, 4.69) is 15.3 Å². The first-order chi connectivity index (χ1) is 14.3. The molecule has 0 saturated carbocycles. The first kappa shape index (κ1) is 19.6. The quantitative estimate of drug-likeness (QED) is 0.432. The first-order valence-corrected chi connectivity index (χ1v) is 10.4. The molecule has 0 fully saturated rings. The minimum absolute atomic E-state index is 0.0317. The maximum absolute atomic E-state index is 12.8. The molecule has 4 rings (SSSR count). The van der Waals surface area contributed by atoms with Crippen molar-refractivity contribution in [3.05, 3.63) is 76.7 Å². The molecule has 0 spiro atoms. The molecular weight excluding hydrogens is 406 g/mol. The number of nitrogens with zero attached hydrogens (tertiary/aromatic N) is 3. The van der Waals surface area contributed by atoms with Gasteiger partial charge in [0.1, 0.15) is 11.4 Å². The molecule has 10 heteroatoms. The highest BCUT2D eigenvalue weighted by Gasteiger charge is 2.19. The molecule has 0 unspecified atom stereocenters. The van der Waals surface area contributed by atoms with Gasteiger partial charge in [-0.25, -0.2) is 18.2 Å². The Hall–Kier alpha value is -3.76. The molecule has 0 atom stereocenters. The van der Waals surface area contributed by atoms with Gasteiger partial charge in [0.2, 0.25) is 10.0 Å². The second-order valence-corrected chi connectivity index (χ2v) is 8.12. The number of azo groups is 1. The first-order valence-electron chi connectivity index (χ1n) is 8.83. The van der Waals surface area contributed by atoms with Crippen LogP contribution >= 0.6 is 0 Å². The standard InChI is InChI=1S/C20H17N5O4S/c1-12-18(20(27)25(24-12)13-7-3-2-4-8-13)22-23-19-15-10-6-5-9-14(15)17(11-16(19)26)30(21,28)29/h2-11,24,26H,1H3,(H2,21,28,29). The lowest BCUT2D eigenvalue weighted by Crippen LogP contribution is -2.13. The van der Waals surface area contributed by atoms with Crippen molar-refractivity contribution in [2.45, 2.75) is 11.8 Å². The van der Waals surface area contributed by atoms with Gasteiger partial charge in [-0.2, -0.15) is 0 Å². The van der Waals surface area contributed by atoms with Crippen LogP contribution < -0.4 is 10.7 Å². The van der Waals surface area contributed by atoms with E-state index in [1.807, 2.05) is 6.07 Å². The highest BCUT2D eigenvalue weighted by molar-refractivity contribution is 7.89. The molecule has 3 aromatic carbocycles. The fraction of sp³-hybridized carbons (Fsp3) is 0.0500. The van der Waals surface area contributed by atoms with Gasteiger partial charge in [-0.3, -0.25) is 9.89 Å². The molecule has 0 saturated heterocycles. The van der Waals surface area contributed by atoms with E-state index in [0.717, 1.165) is 6.07 Å². The Balaban J connectivity index is 1.86. The van der Waals surface area contributed by atoms with E-state index in [9.17, 15) is 18.3 Å². The molecule has 4 N–H and O–H groups in total. The highest BCUT2D eigenvalue weighted by Crippen LogP contribution is 2.39. The van der Waals surface area contributed by atoms with Crippen molar-refractivity contribution < 1.29 is 13.5 Å². The lowest BCUT2D eigenvalue weighted by atomic mass is 10.1. The van der Waals surface area contributed by atoms with Crippen LogP contribution in [0.25, 0.3) is 16.5 Å². The number of primary sulfonamides is 1. The number of aryl methyl sites for hydroxylation is 1. The minimum Gasteiger partial charge on any atom is -0.506 e. The van der Waals surface area contributed by atoms with Crippen LogP contribution in [-0.4, -0.2) is 23.3 Å². The van der Waals surface area contributed by atoms with Crippen LogP contribution in [0.15, 0.2) is 80.6 Å². The Morgan fingerprint density at radius 1 is 0.967 bits per heavy atom. The summed E-state index contributed by atoms with van der Waals surface area (Å²) in [5.41, 5.74) is 0.810. The Kier molecular flexibility index (Phi) is 4.72. The van der Waals surface area contributed by atoms with E-state index in [0.29, 0.717) is 22.2 Å². The molecule has 0 aliphatic heterocycles. The number of aromatic amines is 1. The largest absolute Gasteiger partial charge is 0.506 e. The fourth-order valence-electron chi connectivity index (χ4n) is 3.17. The van der Waals surface area contributed by atoms with Crippen molar-refractivity contribution in [2.24, 2.45) is 15.4 Å². The number of phenols is 1. The molecular formula is C20H17N5O4S. The smallest absolute Gasteiger partial charge is 0.299 e. The zero-order chi connectivity index (χ0) is 21.5. The van der Waals surface area contributed by atoms with Crippen LogP contribution in [0.3, 0.4) is 0 Å². The van der Waals surface area contributed by atoms with Crippen LogP contribution in [0.4, 0.5) is 11.4 Å². The number of para-hydroxylation sites is 1. The maximum Gasteiger partial charge on any atom is 0.299 e. The number of H-pyrrole nitrogens is 1. The number of fused-ring (bicyclic) bond motifs is 1. The monoisotopic (exact) mass is 423 g/mol. The summed E-state index contributed by atoms with van der Waals surface area (Å²) in [7, 11) is -4.07. The lowest BCUT2D eigenvalue weighted by molar-refractivity contribution is 0.475. The SMILES string of the molecule is Cc1[nH]n(-c2ccccc2)c(=O)c1N=Nc1c(O)cc(S(N)(=O)=O)c2ccccc12. The number of hydrogen-bond donors (Lipinski definition) is 3. The third-order valence-electron chi connectivity index (χ3n) is 4.57. The number of sulfonamides is 1. The Bertz CT molecular complexity index is 1450. The van der Waals surface area contributed by atoms with Gasteiger partial charge in [0.05, 0.1) is 16.3 Å². The second kappa shape index (κ2) is 7.25. The Labute approximate surface area is 171 Å². The average Bonchev–Trinajstić information content (AvgIpc) is 3.00. The van der Waals surface area contributed by atoms with Crippen molar-refractivity contribution in [1.82, 2.24) is 9.78 Å². The summed E-state index contributed by atoms with van der Waals surface area (Å²) in [5, 5.41) is 27.3. The summed E-state index contributed by atoms with van der Waals surface area (Å²) in [6, 6.07) is 16.4. The van der Waals surface area contributed by atoms with E-state index in [1.54, 1.807) is 55.5 Å². The average molecular weight is 423 g/mol. The topological polar surface area (TPSA) is 143 Å². The normalized spacial score (nSPS) is 12.1. The van der Waals surface area contributed by atoms with Crippen LogP contribution in [0.5, 0.6) is 5.75 Å². The zero-order valence-corrected chi connectivity index (χ0v) is 16.6. The second-order valence-electron chi connectivity index (χ2n) is 6.59.